The Morgan fingerprint density at radius 2 is 1.76 bits per heavy atom. The van der Waals surface area contributed by atoms with Gasteiger partial charge in [-0.05, 0) is 11.8 Å². The van der Waals surface area contributed by atoms with E-state index in [4.69, 9.17) is 0 Å². The van der Waals surface area contributed by atoms with Crippen LogP contribution in [0.4, 0.5) is 13.2 Å². The Hall–Kier alpha value is -0.390. The van der Waals surface area contributed by atoms with Gasteiger partial charge in [0.25, 0.3) is 0 Å². The second-order valence-corrected chi connectivity index (χ2v) is 5.42. The number of rotatable bonds is 3. The van der Waals surface area contributed by atoms with Gasteiger partial charge in [0.1, 0.15) is 0 Å². The molecule has 0 atom stereocenters. The molecule has 1 rings (SSSR count). The van der Waals surface area contributed by atoms with E-state index in [-0.39, 0.29) is 53.9 Å². The maximum absolute atomic E-state index is 12.0. The Morgan fingerprint density at radius 1 is 1.24 bits per heavy atom. The number of nitrogens with one attached hydrogen (secondary N) is 1. The summed E-state index contributed by atoms with van der Waals surface area (Å²) in [5.41, 5.74) is -4.20. The smallest absolute Gasteiger partial charge is 0.355 e. The molecule has 5 nitrogen and oxygen atoms in total. The SMILES string of the molecule is CN=C(NCCSC(F)(F)F)N1CCN(C(C)=O)CC1.I. The summed E-state index contributed by atoms with van der Waals surface area (Å²) < 4.78 is 36.0. The van der Waals surface area contributed by atoms with Gasteiger partial charge in [-0.15, -0.1) is 24.0 Å². The van der Waals surface area contributed by atoms with Gasteiger partial charge in [-0.25, -0.2) is 0 Å². The maximum Gasteiger partial charge on any atom is 0.441 e. The lowest BCUT2D eigenvalue weighted by atomic mass is 10.3. The fourth-order valence-corrected chi connectivity index (χ4v) is 2.33. The van der Waals surface area contributed by atoms with Crippen LogP contribution in [-0.2, 0) is 4.79 Å². The van der Waals surface area contributed by atoms with Crippen LogP contribution in [0.1, 0.15) is 6.92 Å². The maximum atomic E-state index is 12.0. The molecule has 21 heavy (non-hydrogen) atoms. The molecule has 0 spiro atoms. The van der Waals surface area contributed by atoms with Crippen molar-refractivity contribution in [2.24, 2.45) is 4.99 Å². The van der Waals surface area contributed by atoms with Crippen LogP contribution >= 0.6 is 35.7 Å². The molecular weight excluding hydrogens is 420 g/mol. The number of nitrogens with zero attached hydrogens (tertiary/aromatic N) is 3. The third-order valence-electron chi connectivity index (χ3n) is 2.89. The minimum Gasteiger partial charge on any atom is -0.355 e. The van der Waals surface area contributed by atoms with Crippen molar-refractivity contribution in [1.29, 1.82) is 0 Å². The minimum atomic E-state index is -4.20. The van der Waals surface area contributed by atoms with Crippen LogP contribution in [0.2, 0.25) is 0 Å². The third-order valence-corrected chi connectivity index (χ3v) is 3.62. The second kappa shape index (κ2) is 9.59. The zero-order valence-corrected chi connectivity index (χ0v) is 15.1. The van der Waals surface area contributed by atoms with E-state index in [2.05, 4.69) is 10.3 Å². The molecule has 0 aliphatic carbocycles. The predicted molar refractivity (Wildman–Crippen MR) is 89.1 cm³/mol. The topological polar surface area (TPSA) is 47.9 Å². The summed E-state index contributed by atoms with van der Waals surface area (Å²) in [7, 11) is 1.59. The normalized spacial score (nSPS) is 16.5. The van der Waals surface area contributed by atoms with E-state index in [0.29, 0.717) is 32.1 Å². The largest absolute Gasteiger partial charge is 0.441 e. The van der Waals surface area contributed by atoms with Gasteiger partial charge in [0.2, 0.25) is 5.91 Å². The van der Waals surface area contributed by atoms with E-state index in [1.807, 2.05) is 4.90 Å². The Kier molecular flexibility index (Phi) is 9.41. The summed E-state index contributed by atoms with van der Waals surface area (Å²) in [6, 6.07) is 0. The third kappa shape index (κ3) is 7.98. The van der Waals surface area contributed by atoms with E-state index < -0.39 is 5.51 Å². The fraction of sp³-hybridized carbons (Fsp3) is 0.818. The first-order valence-corrected chi connectivity index (χ1v) is 7.24. The number of hydrogen-bond acceptors (Lipinski definition) is 3. The Bertz CT molecular complexity index is 360. The van der Waals surface area contributed by atoms with Crippen LogP contribution in [0.15, 0.2) is 4.99 Å². The van der Waals surface area contributed by atoms with Crippen molar-refractivity contribution in [3.63, 3.8) is 0 Å². The van der Waals surface area contributed by atoms with E-state index >= 15 is 0 Å². The predicted octanol–water partition coefficient (Wildman–Crippen LogP) is 1.60. The van der Waals surface area contributed by atoms with Gasteiger partial charge in [0.15, 0.2) is 5.96 Å². The Balaban J connectivity index is 0.00000400. The monoisotopic (exact) mass is 440 g/mol. The standard InChI is InChI=1S/C11H19F3N4OS.HI/c1-9(19)17-4-6-18(7-5-17)10(15-2)16-3-8-20-11(12,13)14;/h3-8H2,1-2H3,(H,15,16);1H. The Morgan fingerprint density at radius 3 is 2.19 bits per heavy atom. The lowest BCUT2D eigenvalue weighted by Gasteiger charge is -2.36. The highest BCUT2D eigenvalue weighted by atomic mass is 127. The number of thioether (sulfide) groups is 1. The molecule has 1 aliphatic heterocycles. The summed E-state index contributed by atoms with van der Waals surface area (Å²) in [5.74, 6) is 0.556. The molecule has 1 heterocycles. The summed E-state index contributed by atoms with van der Waals surface area (Å²) in [4.78, 5) is 18.9. The lowest BCUT2D eigenvalue weighted by molar-refractivity contribution is -0.130. The first-order chi connectivity index (χ1) is 9.33. The number of carbonyl (C=O) groups excluding carboxylic acids is 1. The molecule has 1 aliphatic rings. The molecular formula is C11H20F3IN4OS. The number of aliphatic imine (C=N–C) groups is 1. The fourth-order valence-electron chi connectivity index (χ4n) is 1.90. The van der Waals surface area contributed by atoms with Gasteiger partial charge in [0, 0.05) is 52.4 Å². The molecule has 1 amide bonds. The highest BCUT2D eigenvalue weighted by molar-refractivity contribution is 14.0. The van der Waals surface area contributed by atoms with Crippen molar-refractivity contribution < 1.29 is 18.0 Å². The van der Waals surface area contributed by atoms with Gasteiger partial charge in [-0.2, -0.15) is 13.2 Å². The van der Waals surface area contributed by atoms with E-state index in [1.54, 1.807) is 11.9 Å². The minimum absolute atomic E-state index is 0. The number of piperazine rings is 1. The van der Waals surface area contributed by atoms with Gasteiger partial charge >= 0.3 is 5.51 Å². The molecule has 0 bridgehead atoms. The lowest BCUT2D eigenvalue weighted by Crippen LogP contribution is -2.53. The average molecular weight is 440 g/mol. The number of halogens is 4. The molecule has 1 N–H and O–H groups in total. The molecule has 124 valence electrons. The summed E-state index contributed by atoms with van der Waals surface area (Å²) >= 11 is -0.0519. The Labute approximate surface area is 143 Å². The van der Waals surface area contributed by atoms with Crippen molar-refractivity contribution in [2.75, 3.05) is 45.5 Å². The van der Waals surface area contributed by atoms with Crippen LogP contribution in [-0.4, -0.2) is 72.7 Å². The quantitative estimate of drug-likeness (QED) is 0.314. The average Bonchev–Trinajstić information content (AvgIpc) is 2.38. The van der Waals surface area contributed by atoms with Gasteiger partial charge in [0.05, 0.1) is 0 Å². The van der Waals surface area contributed by atoms with Crippen LogP contribution < -0.4 is 5.32 Å². The van der Waals surface area contributed by atoms with E-state index in [1.165, 1.54) is 6.92 Å². The zero-order chi connectivity index (χ0) is 15.2. The molecule has 1 fully saturated rings. The number of guanidine groups is 1. The van der Waals surface area contributed by atoms with Crippen molar-refractivity contribution in [3.05, 3.63) is 0 Å². The highest BCUT2D eigenvalue weighted by Gasteiger charge is 2.27. The summed E-state index contributed by atoms with van der Waals surface area (Å²) in [5, 5.41) is 2.91. The van der Waals surface area contributed by atoms with Crippen molar-refractivity contribution >= 4 is 47.6 Å². The molecule has 0 aromatic heterocycles. The second-order valence-electron chi connectivity index (χ2n) is 4.26. The number of alkyl halides is 3. The van der Waals surface area contributed by atoms with E-state index in [0.717, 1.165) is 0 Å². The van der Waals surface area contributed by atoms with Gasteiger partial charge < -0.3 is 15.1 Å². The number of carbonyl (C=O) groups is 1. The molecule has 10 heteroatoms. The molecule has 0 saturated carbocycles. The van der Waals surface area contributed by atoms with Crippen LogP contribution in [0.5, 0.6) is 0 Å². The van der Waals surface area contributed by atoms with Crippen LogP contribution in [0, 0.1) is 0 Å². The van der Waals surface area contributed by atoms with Crippen molar-refractivity contribution in [3.8, 4) is 0 Å². The van der Waals surface area contributed by atoms with Crippen LogP contribution in [0.3, 0.4) is 0 Å². The molecule has 0 aromatic rings. The van der Waals surface area contributed by atoms with Crippen molar-refractivity contribution in [2.45, 2.75) is 12.4 Å². The highest BCUT2D eigenvalue weighted by Crippen LogP contribution is 2.29. The van der Waals surface area contributed by atoms with Gasteiger partial charge in [-0.3, -0.25) is 9.79 Å². The summed E-state index contributed by atoms with van der Waals surface area (Å²) in [6.07, 6.45) is 0. The van der Waals surface area contributed by atoms with Crippen molar-refractivity contribution in [1.82, 2.24) is 15.1 Å². The zero-order valence-electron chi connectivity index (χ0n) is 11.9. The molecule has 0 unspecified atom stereocenters. The van der Waals surface area contributed by atoms with Gasteiger partial charge in [-0.1, -0.05) is 0 Å². The number of amides is 1. The number of hydrogen-bond donors (Lipinski definition) is 1. The first-order valence-electron chi connectivity index (χ1n) is 6.25. The van der Waals surface area contributed by atoms with E-state index in [9.17, 15) is 18.0 Å². The van der Waals surface area contributed by atoms with Crippen LogP contribution in [0.25, 0.3) is 0 Å². The first kappa shape index (κ1) is 20.6. The molecule has 0 radical (unpaired) electrons. The molecule has 0 aromatic carbocycles. The summed E-state index contributed by atoms with van der Waals surface area (Å²) in [6.45, 7) is 4.19. The molecule has 1 saturated heterocycles.